The SMILES string of the molecule is [C-]#[N+]c1ccc(N(C)c2ccc3c(c2)COB3C)cc1C. The molecule has 0 radical (unpaired) electrons. The zero-order valence-electron chi connectivity index (χ0n) is 12.6. The number of hydrogen-bond acceptors (Lipinski definition) is 2. The Morgan fingerprint density at radius 3 is 2.62 bits per heavy atom. The largest absolute Gasteiger partial charge is 0.427 e. The summed E-state index contributed by atoms with van der Waals surface area (Å²) in [5, 5.41) is 0. The van der Waals surface area contributed by atoms with E-state index in [2.05, 4.69) is 40.8 Å². The van der Waals surface area contributed by atoms with Crippen LogP contribution in [0.25, 0.3) is 4.85 Å². The average Bonchev–Trinajstić information content (AvgIpc) is 2.87. The van der Waals surface area contributed by atoms with Crippen LogP contribution >= 0.6 is 0 Å². The quantitative estimate of drug-likeness (QED) is 0.614. The molecule has 0 spiro atoms. The lowest BCUT2D eigenvalue weighted by Crippen LogP contribution is -2.24. The van der Waals surface area contributed by atoms with Gasteiger partial charge in [0, 0.05) is 18.4 Å². The second-order valence-electron chi connectivity index (χ2n) is 5.48. The number of benzene rings is 2. The van der Waals surface area contributed by atoms with Crippen LogP contribution in [0.3, 0.4) is 0 Å². The molecule has 1 heterocycles. The first-order valence-electron chi connectivity index (χ1n) is 7.06. The molecule has 2 aromatic carbocycles. The molecule has 2 aromatic rings. The van der Waals surface area contributed by atoms with Crippen LogP contribution in [0.4, 0.5) is 17.1 Å². The molecule has 1 aliphatic rings. The molecule has 0 saturated heterocycles. The van der Waals surface area contributed by atoms with Crippen molar-refractivity contribution in [3.63, 3.8) is 0 Å². The monoisotopic (exact) mass is 276 g/mol. The number of anilines is 2. The summed E-state index contributed by atoms with van der Waals surface area (Å²) in [7, 11) is 2.05. The minimum atomic E-state index is 0.194. The Kier molecular flexibility index (Phi) is 3.44. The van der Waals surface area contributed by atoms with E-state index in [0.717, 1.165) is 16.9 Å². The summed E-state index contributed by atoms with van der Waals surface area (Å²) in [5.74, 6) is 0. The van der Waals surface area contributed by atoms with Crippen LogP contribution < -0.4 is 10.4 Å². The van der Waals surface area contributed by atoms with Crippen molar-refractivity contribution in [3.05, 3.63) is 58.9 Å². The lowest BCUT2D eigenvalue weighted by atomic mass is 9.64. The van der Waals surface area contributed by atoms with Crippen molar-refractivity contribution in [2.24, 2.45) is 0 Å². The van der Waals surface area contributed by atoms with Crippen molar-refractivity contribution in [2.75, 3.05) is 11.9 Å². The fourth-order valence-electron chi connectivity index (χ4n) is 2.75. The highest BCUT2D eigenvalue weighted by Gasteiger charge is 2.23. The molecule has 0 amide bonds. The second kappa shape index (κ2) is 5.27. The zero-order valence-corrected chi connectivity index (χ0v) is 12.6. The summed E-state index contributed by atoms with van der Waals surface area (Å²) in [6.07, 6.45) is 0. The first-order chi connectivity index (χ1) is 10.1. The molecule has 0 atom stereocenters. The lowest BCUT2D eigenvalue weighted by molar-refractivity contribution is 0.333. The molecule has 3 nitrogen and oxygen atoms in total. The number of aryl methyl sites for hydroxylation is 1. The van der Waals surface area contributed by atoms with Crippen LogP contribution in [-0.2, 0) is 11.3 Å². The van der Waals surface area contributed by atoms with Crippen molar-refractivity contribution >= 4 is 29.4 Å². The van der Waals surface area contributed by atoms with E-state index in [9.17, 15) is 0 Å². The second-order valence-corrected chi connectivity index (χ2v) is 5.48. The first kappa shape index (κ1) is 13.7. The van der Waals surface area contributed by atoms with Crippen molar-refractivity contribution in [1.82, 2.24) is 0 Å². The van der Waals surface area contributed by atoms with Gasteiger partial charge in [0.25, 0.3) is 0 Å². The molecule has 0 aromatic heterocycles. The molecule has 3 rings (SSSR count). The molecule has 0 unspecified atom stereocenters. The third kappa shape index (κ3) is 2.41. The standard InChI is InChI=1S/C17H17BN2O/c1-12-9-14(6-8-17(12)19-3)20(4)15-5-7-16-13(10-15)11-21-18(16)2/h5-10H,11H2,1-2,4H3. The molecule has 0 fully saturated rings. The minimum absolute atomic E-state index is 0.194. The van der Waals surface area contributed by atoms with E-state index in [0.29, 0.717) is 12.3 Å². The Bertz CT molecular complexity index is 736. The van der Waals surface area contributed by atoms with Crippen molar-refractivity contribution in [2.45, 2.75) is 20.4 Å². The van der Waals surface area contributed by atoms with E-state index < -0.39 is 0 Å². The fourth-order valence-corrected chi connectivity index (χ4v) is 2.75. The van der Waals surface area contributed by atoms with Gasteiger partial charge in [-0.25, -0.2) is 4.85 Å². The van der Waals surface area contributed by atoms with Crippen molar-refractivity contribution in [3.8, 4) is 0 Å². The van der Waals surface area contributed by atoms with Crippen molar-refractivity contribution in [1.29, 1.82) is 0 Å². The highest BCUT2D eigenvalue weighted by molar-refractivity contribution is 6.67. The molecular formula is C17H17BN2O. The maximum absolute atomic E-state index is 7.13. The molecule has 0 bridgehead atoms. The highest BCUT2D eigenvalue weighted by Crippen LogP contribution is 2.29. The summed E-state index contributed by atoms with van der Waals surface area (Å²) >= 11 is 0. The minimum Gasteiger partial charge on any atom is -0.427 e. The van der Waals surface area contributed by atoms with Crippen LogP contribution in [0.2, 0.25) is 6.82 Å². The van der Waals surface area contributed by atoms with Crippen LogP contribution in [0.5, 0.6) is 0 Å². The van der Waals surface area contributed by atoms with Gasteiger partial charge in [0.2, 0.25) is 0 Å². The van der Waals surface area contributed by atoms with E-state index in [1.54, 1.807) is 0 Å². The van der Waals surface area contributed by atoms with Gasteiger partial charge in [-0.1, -0.05) is 19.0 Å². The molecule has 104 valence electrons. The smallest absolute Gasteiger partial charge is 0.324 e. The maximum Gasteiger partial charge on any atom is 0.324 e. The van der Waals surface area contributed by atoms with Gasteiger partial charge >= 0.3 is 6.92 Å². The topological polar surface area (TPSA) is 16.8 Å². The molecule has 0 N–H and O–H groups in total. The van der Waals surface area contributed by atoms with Gasteiger partial charge in [-0.15, -0.1) is 0 Å². The van der Waals surface area contributed by atoms with Gasteiger partial charge in [0.1, 0.15) is 0 Å². The summed E-state index contributed by atoms with van der Waals surface area (Å²) in [6, 6.07) is 12.4. The Labute approximate surface area is 126 Å². The molecule has 21 heavy (non-hydrogen) atoms. The third-order valence-electron chi connectivity index (χ3n) is 4.13. The van der Waals surface area contributed by atoms with Gasteiger partial charge in [-0.3, -0.25) is 0 Å². The van der Waals surface area contributed by atoms with Gasteiger partial charge in [-0.2, -0.15) is 0 Å². The molecule has 1 aliphatic heterocycles. The Hall–Kier alpha value is -2.25. The number of fused-ring (bicyclic) bond motifs is 1. The van der Waals surface area contributed by atoms with Crippen LogP contribution in [-0.4, -0.2) is 14.0 Å². The zero-order chi connectivity index (χ0) is 15.0. The lowest BCUT2D eigenvalue weighted by Gasteiger charge is -2.21. The van der Waals surface area contributed by atoms with E-state index in [1.165, 1.54) is 11.0 Å². The number of nitrogens with zero attached hydrogens (tertiary/aromatic N) is 2. The predicted molar refractivity (Wildman–Crippen MR) is 88.0 cm³/mol. The van der Waals surface area contributed by atoms with E-state index in [4.69, 9.17) is 11.2 Å². The molecule has 4 heteroatoms. The van der Waals surface area contributed by atoms with Crippen LogP contribution in [0, 0.1) is 13.5 Å². The summed E-state index contributed by atoms with van der Waals surface area (Å²) in [6.45, 7) is 12.1. The third-order valence-corrected chi connectivity index (χ3v) is 4.13. The number of rotatable bonds is 2. The van der Waals surface area contributed by atoms with Crippen molar-refractivity contribution < 1.29 is 4.65 Å². The van der Waals surface area contributed by atoms with E-state index in [1.807, 2.05) is 26.1 Å². The Morgan fingerprint density at radius 1 is 1.19 bits per heavy atom. The summed E-state index contributed by atoms with van der Waals surface area (Å²) in [4.78, 5) is 5.66. The van der Waals surface area contributed by atoms with Crippen LogP contribution in [0.15, 0.2) is 36.4 Å². The maximum atomic E-state index is 7.13. The Balaban J connectivity index is 1.94. The predicted octanol–water partition coefficient (Wildman–Crippen LogP) is 3.67. The van der Waals surface area contributed by atoms with Crippen LogP contribution in [0.1, 0.15) is 11.1 Å². The average molecular weight is 276 g/mol. The first-order valence-corrected chi connectivity index (χ1v) is 7.06. The van der Waals surface area contributed by atoms with Gasteiger partial charge in [-0.05, 0) is 47.8 Å². The van der Waals surface area contributed by atoms with Gasteiger partial charge < -0.3 is 9.55 Å². The Morgan fingerprint density at radius 2 is 1.90 bits per heavy atom. The normalized spacial score (nSPS) is 13.0. The summed E-state index contributed by atoms with van der Waals surface area (Å²) < 4.78 is 5.66. The fraction of sp³-hybridized carbons (Fsp3) is 0.235. The molecule has 0 saturated carbocycles. The highest BCUT2D eigenvalue weighted by atomic mass is 16.4. The van der Waals surface area contributed by atoms with E-state index in [-0.39, 0.29) is 6.92 Å². The summed E-state index contributed by atoms with van der Waals surface area (Å²) in [5.41, 5.74) is 6.50. The van der Waals surface area contributed by atoms with E-state index >= 15 is 0 Å². The molecular weight excluding hydrogens is 259 g/mol. The number of hydrogen-bond donors (Lipinski definition) is 0. The van der Waals surface area contributed by atoms with Gasteiger partial charge in [0.05, 0.1) is 13.2 Å². The van der Waals surface area contributed by atoms with Gasteiger partial charge in [0.15, 0.2) is 5.69 Å². The molecule has 0 aliphatic carbocycles.